The molecular weight excluding hydrogens is 334 g/mol. The summed E-state index contributed by atoms with van der Waals surface area (Å²) < 4.78 is 0. The standard InChI is InChI=1S/C18H27N5O3/c1-3-22(4-2)16(24)13-21-9-11-23(12-10-21)17(25)14-5-7-15(8-6-14)20-18(19)26/h5-8H,3-4,9-13H2,1-2H3,(H3,19,20,26). The summed E-state index contributed by atoms with van der Waals surface area (Å²) in [6, 6.07) is 6.00. The Morgan fingerprint density at radius 1 is 1.04 bits per heavy atom. The third-order valence-corrected chi connectivity index (χ3v) is 4.53. The van der Waals surface area contributed by atoms with Gasteiger partial charge in [0.1, 0.15) is 0 Å². The average molecular weight is 361 g/mol. The highest BCUT2D eigenvalue weighted by molar-refractivity contribution is 5.95. The van der Waals surface area contributed by atoms with E-state index in [2.05, 4.69) is 10.2 Å². The molecule has 1 aliphatic heterocycles. The van der Waals surface area contributed by atoms with Crippen molar-refractivity contribution in [1.82, 2.24) is 14.7 Å². The molecule has 3 N–H and O–H groups in total. The van der Waals surface area contributed by atoms with Gasteiger partial charge in [0.15, 0.2) is 0 Å². The molecule has 1 aliphatic rings. The molecule has 1 heterocycles. The molecule has 1 saturated heterocycles. The Bertz CT molecular complexity index is 635. The molecule has 1 fully saturated rings. The summed E-state index contributed by atoms with van der Waals surface area (Å²) in [5.74, 6) is 0.0812. The second-order valence-corrected chi connectivity index (χ2v) is 6.20. The van der Waals surface area contributed by atoms with Crippen LogP contribution in [0.4, 0.5) is 10.5 Å². The first-order valence-corrected chi connectivity index (χ1v) is 8.90. The summed E-state index contributed by atoms with van der Waals surface area (Å²) in [7, 11) is 0. The van der Waals surface area contributed by atoms with Gasteiger partial charge in [-0.2, -0.15) is 0 Å². The van der Waals surface area contributed by atoms with Gasteiger partial charge >= 0.3 is 6.03 Å². The van der Waals surface area contributed by atoms with Crippen LogP contribution in [0.3, 0.4) is 0 Å². The quantitative estimate of drug-likeness (QED) is 0.783. The summed E-state index contributed by atoms with van der Waals surface area (Å²) in [6.07, 6.45) is 0. The van der Waals surface area contributed by atoms with Crippen molar-refractivity contribution in [3.8, 4) is 0 Å². The Balaban J connectivity index is 1.86. The molecule has 0 bridgehead atoms. The van der Waals surface area contributed by atoms with Gasteiger partial charge in [-0.3, -0.25) is 14.5 Å². The van der Waals surface area contributed by atoms with E-state index in [1.807, 2.05) is 18.7 Å². The van der Waals surface area contributed by atoms with Crippen LogP contribution in [0.25, 0.3) is 0 Å². The number of piperazine rings is 1. The predicted octanol–water partition coefficient (Wildman–Crippen LogP) is 0.803. The number of carbonyl (C=O) groups excluding carboxylic acids is 3. The molecule has 0 radical (unpaired) electrons. The van der Waals surface area contributed by atoms with Crippen LogP contribution in [0, 0.1) is 0 Å². The monoisotopic (exact) mass is 361 g/mol. The van der Waals surface area contributed by atoms with Crippen molar-refractivity contribution < 1.29 is 14.4 Å². The molecule has 2 rings (SSSR count). The lowest BCUT2D eigenvalue weighted by molar-refractivity contribution is -0.132. The maximum Gasteiger partial charge on any atom is 0.316 e. The zero-order chi connectivity index (χ0) is 19.1. The fourth-order valence-corrected chi connectivity index (χ4v) is 3.00. The molecule has 0 aromatic heterocycles. The van der Waals surface area contributed by atoms with Gasteiger partial charge in [0.2, 0.25) is 5.91 Å². The van der Waals surface area contributed by atoms with Crippen LogP contribution >= 0.6 is 0 Å². The molecule has 0 unspecified atom stereocenters. The second-order valence-electron chi connectivity index (χ2n) is 6.20. The maximum atomic E-state index is 12.6. The van der Waals surface area contributed by atoms with E-state index in [4.69, 9.17) is 5.73 Å². The van der Waals surface area contributed by atoms with E-state index in [9.17, 15) is 14.4 Å². The predicted molar refractivity (Wildman–Crippen MR) is 99.9 cm³/mol. The lowest BCUT2D eigenvalue weighted by atomic mass is 10.1. The minimum Gasteiger partial charge on any atom is -0.351 e. The lowest BCUT2D eigenvalue weighted by Gasteiger charge is -2.35. The minimum absolute atomic E-state index is 0.0506. The number of benzene rings is 1. The van der Waals surface area contributed by atoms with Gasteiger partial charge in [-0.1, -0.05) is 0 Å². The van der Waals surface area contributed by atoms with Crippen LogP contribution in [0.2, 0.25) is 0 Å². The van der Waals surface area contributed by atoms with E-state index in [0.717, 1.165) is 0 Å². The number of carbonyl (C=O) groups is 3. The molecule has 4 amide bonds. The fourth-order valence-electron chi connectivity index (χ4n) is 3.00. The normalized spacial score (nSPS) is 14.8. The Morgan fingerprint density at radius 2 is 1.62 bits per heavy atom. The Kier molecular flexibility index (Phi) is 6.97. The number of nitrogens with zero attached hydrogens (tertiary/aromatic N) is 3. The zero-order valence-corrected chi connectivity index (χ0v) is 15.4. The maximum absolute atomic E-state index is 12.6. The summed E-state index contributed by atoms with van der Waals surface area (Å²) in [5, 5.41) is 2.46. The molecular formula is C18H27N5O3. The number of nitrogens with one attached hydrogen (secondary N) is 1. The van der Waals surface area contributed by atoms with Gasteiger partial charge in [-0.05, 0) is 38.1 Å². The number of hydrogen-bond acceptors (Lipinski definition) is 4. The topological polar surface area (TPSA) is 99.0 Å². The van der Waals surface area contributed by atoms with Gasteiger partial charge in [-0.25, -0.2) is 4.79 Å². The Labute approximate surface area is 153 Å². The molecule has 0 aliphatic carbocycles. The van der Waals surface area contributed by atoms with Crippen molar-refractivity contribution in [3.05, 3.63) is 29.8 Å². The van der Waals surface area contributed by atoms with Crippen LogP contribution in [0.1, 0.15) is 24.2 Å². The van der Waals surface area contributed by atoms with E-state index < -0.39 is 6.03 Å². The molecule has 142 valence electrons. The average Bonchev–Trinajstić information content (AvgIpc) is 2.63. The number of primary amides is 1. The van der Waals surface area contributed by atoms with Crippen molar-refractivity contribution >= 4 is 23.5 Å². The van der Waals surface area contributed by atoms with Crippen molar-refractivity contribution in [2.45, 2.75) is 13.8 Å². The third-order valence-electron chi connectivity index (χ3n) is 4.53. The first kappa shape index (κ1) is 19.7. The van der Waals surface area contributed by atoms with Crippen molar-refractivity contribution in [2.75, 3.05) is 51.1 Å². The number of rotatable bonds is 6. The minimum atomic E-state index is -0.639. The van der Waals surface area contributed by atoms with E-state index in [-0.39, 0.29) is 11.8 Å². The second kappa shape index (κ2) is 9.19. The molecule has 1 aromatic carbocycles. The third kappa shape index (κ3) is 5.19. The van der Waals surface area contributed by atoms with Crippen LogP contribution in [-0.4, -0.2) is 78.4 Å². The van der Waals surface area contributed by atoms with Crippen LogP contribution < -0.4 is 11.1 Å². The summed E-state index contributed by atoms with van der Waals surface area (Å²) in [4.78, 5) is 41.3. The smallest absolute Gasteiger partial charge is 0.316 e. The SMILES string of the molecule is CCN(CC)C(=O)CN1CCN(C(=O)c2ccc(NC(N)=O)cc2)CC1. The number of amides is 4. The first-order chi connectivity index (χ1) is 12.4. The van der Waals surface area contributed by atoms with Crippen molar-refractivity contribution in [2.24, 2.45) is 5.73 Å². The van der Waals surface area contributed by atoms with Gasteiger partial charge < -0.3 is 20.9 Å². The molecule has 0 saturated carbocycles. The lowest BCUT2D eigenvalue weighted by Crippen LogP contribution is -2.51. The first-order valence-electron chi connectivity index (χ1n) is 8.90. The van der Waals surface area contributed by atoms with Gasteiger partial charge in [0, 0.05) is 50.5 Å². The van der Waals surface area contributed by atoms with E-state index in [1.165, 1.54) is 0 Å². The highest BCUT2D eigenvalue weighted by Crippen LogP contribution is 2.13. The number of anilines is 1. The summed E-state index contributed by atoms with van der Waals surface area (Å²) >= 11 is 0. The van der Waals surface area contributed by atoms with E-state index in [1.54, 1.807) is 29.2 Å². The molecule has 26 heavy (non-hydrogen) atoms. The Hall–Kier alpha value is -2.61. The highest BCUT2D eigenvalue weighted by Gasteiger charge is 2.24. The fraction of sp³-hybridized carbons (Fsp3) is 0.500. The summed E-state index contributed by atoms with van der Waals surface area (Å²) in [6.45, 7) is 8.32. The number of urea groups is 1. The zero-order valence-electron chi connectivity index (χ0n) is 15.4. The summed E-state index contributed by atoms with van der Waals surface area (Å²) in [5.41, 5.74) is 6.18. The van der Waals surface area contributed by atoms with Gasteiger partial charge in [0.25, 0.3) is 5.91 Å². The van der Waals surface area contributed by atoms with Crippen LogP contribution in [0.5, 0.6) is 0 Å². The number of hydrogen-bond donors (Lipinski definition) is 2. The van der Waals surface area contributed by atoms with E-state index in [0.29, 0.717) is 57.1 Å². The molecule has 0 spiro atoms. The number of likely N-dealkylation sites (N-methyl/N-ethyl adjacent to an activating group) is 1. The largest absolute Gasteiger partial charge is 0.351 e. The molecule has 8 heteroatoms. The molecule has 0 atom stereocenters. The van der Waals surface area contributed by atoms with Crippen LogP contribution in [-0.2, 0) is 4.79 Å². The van der Waals surface area contributed by atoms with E-state index >= 15 is 0 Å². The van der Waals surface area contributed by atoms with Crippen molar-refractivity contribution in [3.63, 3.8) is 0 Å². The highest BCUT2D eigenvalue weighted by atomic mass is 16.2. The molecule has 1 aromatic rings. The van der Waals surface area contributed by atoms with Crippen molar-refractivity contribution in [1.29, 1.82) is 0 Å². The van der Waals surface area contributed by atoms with Gasteiger partial charge in [-0.15, -0.1) is 0 Å². The molecule has 8 nitrogen and oxygen atoms in total. The number of nitrogens with two attached hydrogens (primary N) is 1. The van der Waals surface area contributed by atoms with Gasteiger partial charge in [0.05, 0.1) is 6.54 Å². The Morgan fingerprint density at radius 3 is 2.12 bits per heavy atom. The van der Waals surface area contributed by atoms with Crippen LogP contribution in [0.15, 0.2) is 24.3 Å².